The number of unbranched alkanes of at least 4 members (excludes halogenated alkanes) is 2. The van der Waals surface area contributed by atoms with E-state index in [9.17, 15) is 4.79 Å². The molecule has 2 aromatic rings. The van der Waals surface area contributed by atoms with Crippen LogP contribution < -0.4 is 11.4 Å². The van der Waals surface area contributed by atoms with E-state index in [-0.39, 0.29) is 5.56 Å². The maximum atomic E-state index is 12.1. The zero-order valence-corrected chi connectivity index (χ0v) is 11.1. The lowest BCUT2D eigenvalue weighted by Crippen LogP contribution is -2.31. The van der Waals surface area contributed by atoms with Gasteiger partial charge in [-0.3, -0.25) is 4.79 Å². The van der Waals surface area contributed by atoms with Crippen molar-refractivity contribution in [2.45, 2.75) is 32.6 Å². The standard InChI is InChI=1S/C13H16ClN3O/c1-2-3-4-8-11-16-12-9(13(18)17(11)15)6-5-7-10(12)14/h5-7H,2-4,8,15H2,1H3. The number of aromatic nitrogens is 2. The summed E-state index contributed by atoms with van der Waals surface area (Å²) in [4.78, 5) is 16.5. The monoisotopic (exact) mass is 265 g/mol. The first-order valence-corrected chi connectivity index (χ1v) is 6.48. The molecule has 0 aliphatic rings. The average Bonchev–Trinajstić information content (AvgIpc) is 2.36. The van der Waals surface area contributed by atoms with Crippen molar-refractivity contribution in [3.63, 3.8) is 0 Å². The minimum atomic E-state index is -0.242. The van der Waals surface area contributed by atoms with Gasteiger partial charge in [0.05, 0.1) is 15.9 Å². The van der Waals surface area contributed by atoms with E-state index in [1.54, 1.807) is 18.2 Å². The van der Waals surface area contributed by atoms with Crippen LogP contribution in [0.4, 0.5) is 0 Å². The first-order valence-electron chi connectivity index (χ1n) is 6.10. The summed E-state index contributed by atoms with van der Waals surface area (Å²) in [6, 6.07) is 5.15. The number of fused-ring (bicyclic) bond motifs is 1. The summed E-state index contributed by atoms with van der Waals surface area (Å²) >= 11 is 6.06. The highest BCUT2D eigenvalue weighted by atomic mass is 35.5. The molecule has 0 spiro atoms. The van der Waals surface area contributed by atoms with E-state index in [0.717, 1.165) is 23.9 Å². The Morgan fingerprint density at radius 3 is 2.89 bits per heavy atom. The van der Waals surface area contributed by atoms with Crippen LogP contribution in [0.3, 0.4) is 0 Å². The molecule has 2 rings (SSSR count). The molecular formula is C13H16ClN3O. The van der Waals surface area contributed by atoms with Gasteiger partial charge in [0.25, 0.3) is 5.56 Å². The highest BCUT2D eigenvalue weighted by Gasteiger charge is 2.10. The lowest BCUT2D eigenvalue weighted by molar-refractivity contribution is 0.668. The second-order valence-corrected chi connectivity index (χ2v) is 4.70. The van der Waals surface area contributed by atoms with Crippen LogP contribution in [0.25, 0.3) is 10.9 Å². The van der Waals surface area contributed by atoms with E-state index in [0.29, 0.717) is 28.2 Å². The minimum Gasteiger partial charge on any atom is -0.335 e. The number of halogens is 1. The fraction of sp³-hybridized carbons (Fsp3) is 0.385. The van der Waals surface area contributed by atoms with Gasteiger partial charge >= 0.3 is 0 Å². The summed E-state index contributed by atoms with van der Waals surface area (Å²) in [5, 5.41) is 0.950. The van der Waals surface area contributed by atoms with Crippen molar-refractivity contribution in [3.8, 4) is 0 Å². The van der Waals surface area contributed by atoms with Crippen molar-refractivity contribution < 1.29 is 0 Å². The molecule has 0 amide bonds. The summed E-state index contributed by atoms with van der Waals surface area (Å²) < 4.78 is 1.13. The van der Waals surface area contributed by atoms with Gasteiger partial charge in [-0.05, 0) is 18.6 Å². The zero-order valence-electron chi connectivity index (χ0n) is 10.3. The van der Waals surface area contributed by atoms with Crippen LogP contribution in [0.1, 0.15) is 32.0 Å². The molecule has 0 aliphatic heterocycles. The molecule has 1 aromatic carbocycles. The number of hydrogen-bond donors (Lipinski definition) is 1. The molecule has 0 saturated heterocycles. The van der Waals surface area contributed by atoms with Crippen LogP contribution in [0.5, 0.6) is 0 Å². The third kappa shape index (κ3) is 2.34. The number of aryl methyl sites for hydroxylation is 1. The van der Waals surface area contributed by atoms with Gasteiger partial charge in [-0.15, -0.1) is 0 Å². The van der Waals surface area contributed by atoms with Crippen molar-refractivity contribution in [1.29, 1.82) is 0 Å². The van der Waals surface area contributed by atoms with Crippen LogP contribution in [0.15, 0.2) is 23.0 Å². The van der Waals surface area contributed by atoms with Crippen molar-refractivity contribution >= 4 is 22.5 Å². The summed E-state index contributed by atoms with van der Waals surface area (Å²) in [6.45, 7) is 2.13. The molecule has 4 nitrogen and oxygen atoms in total. The van der Waals surface area contributed by atoms with E-state index in [2.05, 4.69) is 11.9 Å². The zero-order chi connectivity index (χ0) is 13.1. The van der Waals surface area contributed by atoms with Crippen LogP contribution >= 0.6 is 11.6 Å². The van der Waals surface area contributed by atoms with Crippen molar-refractivity contribution in [3.05, 3.63) is 39.4 Å². The Kier molecular flexibility index (Phi) is 3.87. The number of para-hydroxylation sites is 1. The maximum absolute atomic E-state index is 12.1. The number of nitrogens with two attached hydrogens (primary N) is 1. The molecule has 5 heteroatoms. The minimum absolute atomic E-state index is 0.242. The van der Waals surface area contributed by atoms with Crippen LogP contribution in [0, 0.1) is 0 Å². The van der Waals surface area contributed by atoms with Gasteiger partial charge in [-0.1, -0.05) is 37.4 Å². The molecule has 0 aliphatic carbocycles. The molecule has 18 heavy (non-hydrogen) atoms. The summed E-state index contributed by atoms with van der Waals surface area (Å²) in [5.74, 6) is 6.37. The molecule has 96 valence electrons. The number of rotatable bonds is 4. The Hall–Kier alpha value is -1.55. The Morgan fingerprint density at radius 1 is 1.39 bits per heavy atom. The molecule has 0 bridgehead atoms. The molecule has 0 fully saturated rings. The quantitative estimate of drug-likeness (QED) is 0.682. The van der Waals surface area contributed by atoms with E-state index >= 15 is 0 Å². The first kappa shape index (κ1) is 12.9. The summed E-state index contributed by atoms with van der Waals surface area (Å²) in [7, 11) is 0. The Bertz CT molecular complexity index is 621. The Labute approximate surface area is 110 Å². The second kappa shape index (κ2) is 5.40. The molecule has 1 heterocycles. The van der Waals surface area contributed by atoms with Crippen molar-refractivity contribution in [2.75, 3.05) is 5.84 Å². The number of nitrogens with zero attached hydrogens (tertiary/aromatic N) is 2. The Balaban J connectivity index is 2.52. The van der Waals surface area contributed by atoms with Crippen LogP contribution in [0.2, 0.25) is 5.02 Å². The number of nitrogen functional groups attached to an aromatic ring is 1. The summed E-state index contributed by atoms with van der Waals surface area (Å²) in [5.41, 5.74) is 0.298. The van der Waals surface area contributed by atoms with Crippen LogP contribution in [-0.4, -0.2) is 9.66 Å². The molecule has 2 N–H and O–H groups in total. The highest BCUT2D eigenvalue weighted by Crippen LogP contribution is 2.19. The third-order valence-corrected chi connectivity index (χ3v) is 3.26. The van der Waals surface area contributed by atoms with E-state index in [1.165, 1.54) is 0 Å². The lowest BCUT2D eigenvalue weighted by atomic mass is 10.2. The molecule has 0 radical (unpaired) electrons. The fourth-order valence-corrected chi connectivity index (χ4v) is 2.16. The Morgan fingerprint density at radius 2 is 2.17 bits per heavy atom. The van der Waals surface area contributed by atoms with Gasteiger partial charge in [-0.2, -0.15) is 0 Å². The van der Waals surface area contributed by atoms with Crippen LogP contribution in [-0.2, 0) is 6.42 Å². The lowest BCUT2D eigenvalue weighted by Gasteiger charge is -2.09. The molecule has 0 unspecified atom stereocenters. The fourth-order valence-electron chi connectivity index (χ4n) is 1.94. The number of benzene rings is 1. The van der Waals surface area contributed by atoms with E-state index in [4.69, 9.17) is 17.4 Å². The number of hydrogen-bond acceptors (Lipinski definition) is 3. The SMILES string of the molecule is CCCCCc1nc2c(Cl)cccc2c(=O)n1N. The van der Waals surface area contributed by atoms with Crippen molar-refractivity contribution in [2.24, 2.45) is 0 Å². The van der Waals surface area contributed by atoms with Gasteiger partial charge in [-0.25, -0.2) is 9.66 Å². The van der Waals surface area contributed by atoms with Gasteiger partial charge in [0.15, 0.2) is 0 Å². The van der Waals surface area contributed by atoms with Gasteiger partial charge < -0.3 is 5.84 Å². The maximum Gasteiger partial charge on any atom is 0.279 e. The predicted octanol–water partition coefficient (Wildman–Crippen LogP) is 2.50. The van der Waals surface area contributed by atoms with Gasteiger partial charge in [0.2, 0.25) is 0 Å². The third-order valence-electron chi connectivity index (χ3n) is 2.96. The smallest absolute Gasteiger partial charge is 0.279 e. The summed E-state index contributed by atoms with van der Waals surface area (Å²) in [6.07, 6.45) is 3.87. The molecular weight excluding hydrogens is 250 g/mol. The largest absolute Gasteiger partial charge is 0.335 e. The highest BCUT2D eigenvalue weighted by molar-refractivity contribution is 6.34. The van der Waals surface area contributed by atoms with E-state index in [1.807, 2.05) is 0 Å². The predicted molar refractivity (Wildman–Crippen MR) is 74.4 cm³/mol. The van der Waals surface area contributed by atoms with E-state index < -0.39 is 0 Å². The van der Waals surface area contributed by atoms with Gasteiger partial charge in [0, 0.05) is 6.42 Å². The molecule has 0 saturated carbocycles. The first-order chi connectivity index (χ1) is 8.65. The normalized spacial score (nSPS) is 11.0. The molecule has 1 aromatic heterocycles. The average molecular weight is 266 g/mol. The van der Waals surface area contributed by atoms with Crippen molar-refractivity contribution in [1.82, 2.24) is 9.66 Å². The van der Waals surface area contributed by atoms with Gasteiger partial charge in [0.1, 0.15) is 5.82 Å². The topological polar surface area (TPSA) is 60.9 Å². The molecule has 0 atom stereocenters. The second-order valence-electron chi connectivity index (χ2n) is 4.30.